The summed E-state index contributed by atoms with van der Waals surface area (Å²) in [7, 11) is 0. The Morgan fingerprint density at radius 1 is 1.33 bits per heavy atom. The molecule has 2 heteroatoms. The van der Waals surface area contributed by atoms with Crippen LogP contribution in [0, 0.1) is 6.92 Å². The average Bonchev–Trinajstić information content (AvgIpc) is 2.39. The molecule has 1 aromatic rings. The first-order valence-electron chi connectivity index (χ1n) is 6.97. The van der Waals surface area contributed by atoms with Crippen molar-refractivity contribution in [2.45, 2.75) is 52.0 Å². The fourth-order valence-electron chi connectivity index (χ4n) is 2.53. The smallest absolute Gasteiger partial charge is 0.179 e. The highest BCUT2D eigenvalue weighted by Gasteiger charge is 2.23. The lowest BCUT2D eigenvalue weighted by atomic mass is 9.91. The Morgan fingerprint density at radius 3 is 2.72 bits per heavy atom. The molecule has 0 spiro atoms. The van der Waals surface area contributed by atoms with Gasteiger partial charge >= 0.3 is 0 Å². The van der Waals surface area contributed by atoms with E-state index in [0.717, 1.165) is 30.5 Å². The van der Waals surface area contributed by atoms with Crippen molar-refractivity contribution in [1.82, 2.24) is 5.32 Å². The molecule has 1 fully saturated rings. The third kappa shape index (κ3) is 2.81. The predicted octanol–water partition coefficient (Wildman–Crippen LogP) is 3.44. The van der Waals surface area contributed by atoms with Crippen molar-refractivity contribution in [3.8, 4) is 0 Å². The van der Waals surface area contributed by atoms with Crippen LogP contribution in [-0.4, -0.2) is 18.4 Å². The Morgan fingerprint density at radius 2 is 2.11 bits per heavy atom. The lowest BCUT2D eigenvalue weighted by molar-refractivity contribution is 0.0926. The molecule has 1 saturated heterocycles. The molecule has 1 heterocycles. The van der Waals surface area contributed by atoms with Crippen LogP contribution in [0.1, 0.15) is 60.5 Å². The van der Waals surface area contributed by atoms with Crippen LogP contribution in [0.2, 0.25) is 0 Å². The van der Waals surface area contributed by atoms with Crippen molar-refractivity contribution >= 4 is 5.78 Å². The number of piperidine rings is 1. The van der Waals surface area contributed by atoms with E-state index in [1.54, 1.807) is 0 Å². The molecule has 0 amide bonds. The van der Waals surface area contributed by atoms with E-state index in [4.69, 9.17) is 0 Å². The zero-order valence-corrected chi connectivity index (χ0v) is 11.6. The minimum absolute atomic E-state index is 0.0277. The van der Waals surface area contributed by atoms with E-state index < -0.39 is 0 Å². The predicted molar refractivity (Wildman–Crippen MR) is 75.2 cm³/mol. The summed E-state index contributed by atoms with van der Waals surface area (Å²) in [5.74, 6) is 0.742. The molecule has 1 unspecified atom stereocenters. The lowest BCUT2D eigenvalue weighted by Crippen LogP contribution is -2.40. The van der Waals surface area contributed by atoms with Crippen molar-refractivity contribution in [3.05, 3.63) is 34.9 Å². The summed E-state index contributed by atoms with van der Waals surface area (Å²) in [6, 6.07) is 6.31. The first-order chi connectivity index (χ1) is 8.59. The SMILES string of the molecule is Cc1ccc(C(C)C)cc1C(=O)C1CCCCN1. The van der Waals surface area contributed by atoms with Crippen LogP contribution in [-0.2, 0) is 0 Å². The Balaban J connectivity index is 2.25. The molecular weight excluding hydrogens is 222 g/mol. The van der Waals surface area contributed by atoms with Gasteiger partial charge in [0.25, 0.3) is 0 Å². The normalized spacial score (nSPS) is 20.1. The van der Waals surface area contributed by atoms with Gasteiger partial charge in [-0.1, -0.05) is 32.4 Å². The summed E-state index contributed by atoms with van der Waals surface area (Å²) >= 11 is 0. The van der Waals surface area contributed by atoms with Crippen LogP contribution in [0.15, 0.2) is 18.2 Å². The summed E-state index contributed by atoms with van der Waals surface area (Å²) in [6.45, 7) is 7.33. The molecule has 2 rings (SSSR count). The molecule has 1 N–H and O–H groups in total. The van der Waals surface area contributed by atoms with Crippen LogP contribution >= 0.6 is 0 Å². The summed E-state index contributed by atoms with van der Waals surface area (Å²) < 4.78 is 0. The molecule has 0 aromatic heterocycles. The van der Waals surface area contributed by atoms with Gasteiger partial charge < -0.3 is 5.32 Å². The van der Waals surface area contributed by atoms with E-state index in [0.29, 0.717) is 5.92 Å². The summed E-state index contributed by atoms with van der Waals surface area (Å²) in [5, 5.41) is 3.34. The largest absolute Gasteiger partial charge is 0.307 e. The minimum atomic E-state index is 0.0277. The zero-order chi connectivity index (χ0) is 13.1. The fourth-order valence-corrected chi connectivity index (χ4v) is 2.53. The zero-order valence-electron chi connectivity index (χ0n) is 11.6. The second-order valence-electron chi connectivity index (χ2n) is 5.60. The van der Waals surface area contributed by atoms with Crippen molar-refractivity contribution < 1.29 is 4.79 Å². The Hall–Kier alpha value is -1.15. The number of rotatable bonds is 3. The second-order valence-corrected chi connectivity index (χ2v) is 5.60. The Labute approximate surface area is 110 Å². The van der Waals surface area contributed by atoms with Crippen molar-refractivity contribution in [2.24, 2.45) is 0 Å². The Bertz CT molecular complexity index is 431. The maximum absolute atomic E-state index is 12.5. The van der Waals surface area contributed by atoms with Gasteiger partial charge in [0.15, 0.2) is 5.78 Å². The number of aryl methyl sites for hydroxylation is 1. The van der Waals surface area contributed by atoms with Gasteiger partial charge in [-0.15, -0.1) is 0 Å². The van der Waals surface area contributed by atoms with Crippen molar-refractivity contribution in [2.75, 3.05) is 6.54 Å². The number of benzene rings is 1. The van der Waals surface area contributed by atoms with Gasteiger partial charge in [-0.3, -0.25) is 4.79 Å². The molecule has 1 aliphatic rings. The maximum Gasteiger partial charge on any atom is 0.179 e. The standard InChI is InChI=1S/C16H23NO/c1-11(2)13-8-7-12(3)14(10-13)16(18)15-6-4-5-9-17-15/h7-8,10-11,15,17H,4-6,9H2,1-3H3. The van der Waals surface area contributed by atoms with Crippen molar-refractivity contribution in [1.29, 1.82) is 0 Å². The third-order valence-corrected chi connectivity index (χ3v) is 3.82. The quantitative estimate of drug-likeness (QED) is 0.826. The maximum atomic E-state index is 12.5. The van der Waals surface area contributed by atoms with Crippen LogP contribution in [0.5, 0.6) is 0 Å². The highest BCUT2D eigenvalue weighted by molar-refractivity contribution is 6.01. The summed E-state index contributed by atoms with van der Waals surface area (Å²) in [5.41, 5.74) is 3.25. The topological polar surface area (TPSA) is 29.1 Å². The van der Waals surface area contributed by atoms with Gasteiger partial charge in [0, 0.05) is 5.56 Å². The van der Waals surface area contributed by atoms with E-state index >= 15 is 0 Å². The first kappa shape index (κ1) is 13.3. The summed E-state index contributed by atoms with van der Waals surface area (Å²) in [4.78, 5) is 12.5. The molecular formula is C16H23NO. The summed E-state index contributed by atoms with van der Waals surface area (Å²) in [6.07, 6.45) is 3.32. The highest BCUT2D eigenvalue weighted by atomic mass is 16.1. The van der Waals surface area contributed by atoms with Gasteiger partial charge in [0.05, 0.1) is 6.04 Å². The van der Waals surface area contributed by atoms with Gasteiger partial charge in [-0.25, -0.2) is 0 Å². The molecule has 0 radical (unpaired) electrons. The number of Topliss-reactive ketones (excluding diaryl/α,β-unsaturated/α-hetero) is 1. The van der Waals surface area contributed by atoms with Gasteiger partial charge in [0.1, 0.15) is 0 Å². The monoisotopic (exact) mass is 245 g/mol. The highest BCUT2D eigenvalue weighted by Crippen LogP contribution is 2.21. The molecule has 0 aliphatic carbocycles. The third-order valence-electron chi connectivity index (χ3n) is 3.82. The first-order valence-corrected chi connectivity index (χ1v) is 6.97. The molecule has 1 aliphatic heterocycles. The van der Waals surface area contributed by atoms with Crippen molar-refractivity contribution in [3.63, 3.8) is 0 Å². The van der Waals surface area contributed by atoms with Gasteiger partial charge in [-0.05, 0) is 49.4 Å². The Kier molecular flexibility index (Phi) is 4.18. The molecule has 1 atom stereocenters. The number of carbonyl (C=O) groups is 1. The number of hydrogen-bond donors (Lipinski definition) is 1. The number of carbonyl (C=O) groups excluding carboxylic acids is 1. The molecule has 2 nitrogen and oxygen atoms in total. The number of nitrogens with one attached hydrogen (secondary N) is 1. The fraction of sp³-hybridized carbons (Fsp3) is 0.562. The molecule has 0 bridgehead atoms. The molecule has 18 heavy (non-hydrogen) atoms. The van der Waals surface area contributed by atoms with E-state index in [1.807, 2.05) is 6.92 Å². The molecule has 1 aromatic carbocycles. The second kappa shape index (κ2) is 5.66. The van der Waals surface area contributed by atoms with Crippen LogP contribution in [0.3, 0.4) is 0 Å². The molecule has 98 valence electrons. The van der Waals surface area contributed by atoms with E-state index in [9.17, 15) is 4.79 Å². The van der Waals surface area contributed by atoms with E-state index in [2.05, 4.69) is 37.4 Å². The van der Waals surface area contributed by atoms with Gasteiger partial charge in [0.2, 0.25) is 0 Å². The average molecular weight is 245 g/mol. The molecule has 0 saturated carbocycles. The van der Waals surface area contributed by atoms with E-state index in [1.165, 1.54) is 12.0 Å². The minimum Gasteiger partial charge on any atom is -0.307 e. The van der Waals surface area contributed by atoms with Crippen LogP contribution in [0.4, 0.5) is 0 Å². The van der Waals surface area contributed by atoms with Crippen LogP contribution in [0.25, 0.3) is 0 Å². The van der Waals surface area contributed by atoms with E-state index in [-0.39, 0.29) is 11.8 Å². The van der Waals surface area contributed by atoms with Crippen LogP contribution < -0.4 is 5.32 Å². The number of ketones is 1. The van der Waals surface area contributed by atoms with Gasteiger partial charge in [-0.2, -0.15) is 0 Å². The number of hydrogen-bond acceptors (Lipinski definition) is 2. The lowest BCUT2D eigenvalue weighted by Gasteiger charge is -2.23.